The molecule has 1 aromatic carbocycles. The molecule has 4 heteroatoms. The van der Waals surface area contributed by atoms with Crippen LogP contribution in [0.2, 0.25) is 0 Å². The summed E-state index contributed by atoms with van der Waals surface area (Å²) >= 11 is 0. The first-order valence-corrected chi connectivity index (χ1v) is 6.06. The molecule has 0 aliphatic carbocycles. The van der Waals surface area contributed by atoms with E-state index < -0.39 is 0 Å². The van der Waals surface area contributed by atoms with Gasteiger partial charge in [0.15, 0.2) is 0 Å². The zero-order chi connectivity index (χ0) is 12.7. The fourth-order valence-electron chi connectivity index (χ4n) is 2.52. The molecule has 1 aromatic rings. The molecule has 0 aromatic heterocycles. The van der Waals surface area contributed by atoms with Crippen molar-refractivity contribution >= 4 is 17.5 Å². The highest BCUT2D eigenvalue weighted by Gasteiger charge is 2.32. The SMILES string of the molecule is CC1=CC(=O)N(c2cccc3c2CNCC3)C1=O. The van der Waals surface area contributed by atoms with Crippen LogP contribution in [0, 0.1) is 0 Å². The van der Waals surface area contributed by atoms with Crippen LogP contribution in [0.15, 0.2) is 29.8 Å². The average molecular weight is 242 g/mol. The van der Waals surface area contributed by atoms with Crippen molar-refractivity contribution in [3.05, 3.63) is 41.0 Å². The Kier molecular flexibility index (Phi) is 2.52. The summed E-state index contributed by atoms with van der Waals surface area (Å²) in [6, 6.07) is 5.81. The van der Waals surface area contributed by atoms with Crippen molar-refractivity contribution < 1.29 is 9.59 Å². The number of nitrogens with zero attached hydrogens (tertiary/aromatic N) is 1. The van der Waals surface area contributed by atoms with Crippen LogP contribution in [0.25, 0.3) is 0 Å². The lowest BCUT2D eigenvalue weighted by Crippen LogP contribution is -2.34. The smallest absolute Gasteiger partial charge is 0.261 e. The molecule has 0 saturated carbocycles. The van der Waals surface area contributed by atoms with Crippen molar-refractivity contribution in [2.75, 3.05) is 11.4 Å². The first-order chi connectivity index (χ1) is 8.68. The number of fused-ring (bicyclic) bond motifs is 1. The molecule has 2 aliphatic rings. The summed E-state index contributed by atoms with van der Waals surface area (Å²) in [6.45, 7) is 3.32. The van der Waals surface area contributed by atoms with E-state index in [1.807, 2.05) is 12.1 Å². The molecule has 0 bridgehead atoms. The number of rotatable bonds is 1. The van der Waals surface area contributed by atoms with E-state index in [2.05, 4.69) is 11.4 Å². The normalized spacial score (nSPS) is 18.9. The molecule has 1 N–H and O–H groups in total. The fraction of sp³-hybridized carbons (Fsp3) is 0.286. The van der Waals surface area contributed by atoms with Gasteiger partial charge < -0.3 is 5.32 Å². The molecule has 0 unspecified atom stereocenters. The van der Waals surface area contributed by atoms with E-state index in [0.717, 1.165) is 24.2 Å². The number of hydrogen-bond acceptors (Lipinski definition) is 3. The maximum Gasteiger partial charge on any atom is 0.261 e. The van der Waals surface area contributed by atoms with Gasteiger partial charge in [0, 0.05) is 18.2 Å². The molecule has 2 aliphatic heterocycles. The Morgan fingerprint density at radius 2 is 2.11 bits per heavy atom. The highest BCUT2D eigenvalue weighted by molar-refractivity contribution is 6.30. The number of carbonyl (C=O) groups excluding carboxylic acids is 2. The van der Waals surface area contributed by atoms with Crippen LogP contribution in [0.4, 0.5) is 5.69 Å². The van der Waals surface area contributed by atoms with Gasteiger partial charge in [-0.1, -0.05) is 12.1 Å². The molecule has 92 valence electrons. The minimum atomic E-state index is -0.239. The Bertz CT molecular complexity index is 575. The van der Waals surface area contributed by atoms with Gasteiger partial charge in [-0.3, -0.25) is 9.59 Å². The predicted molar refractivity (Wildman–Crippen MR) is 68.1 cm³/mol. The number of benzene rings is 1. The summed E-state index contributed by atoms with van der Waals surface area (Å²) in [5.74, 6) is -0.449. The summed E-state index contributed by atoms with van der Waals surface area (Å²) in [5.41, 5.74) is 3.51. The highest BCUT2D eigenvalue weighted by atomic mass is 16.2. The van der Waals surface area contributed by atoms with Gasteiger partial charge in [-0.15, -0.1) is 0 Å². The maximum absolute atomic E-state index is 12.0. The summed E-state index contributed by atoms with van der Waals surface area (Å²) in [4.78, 5) is 25.2. The van der Waals surface area contributed by atoms with Gasteiger partial charge in [0.05, 0.1) is 5.69 Å². The third-order valence-corrected chi connectivity index (χ3v) is 3.46. The molecule has 4 nitrogen and oxygen atoms in total. The fourth-order valence-corrected chi connectivity index (χ4v) is 2.52. The molecule has 2 heterocycles. The van der Waals surface area contributed by atoms with Crippen LogP contribution in [0.3, 0.4) is 0 Å². The number of carbonyl (C=O) groups is 2. The minimum absolute atomic E-state index is 0.209. The average Bonchev–Trinajstić information content (AvgIpc) is 2.63. The minimum Gasteiger partial charge on any atom is -0.312 e. The molecule has 0 fully saturated rings. The van der Waals surface area contributed by atoms with Gasteiger partial charge in [0.25, 0.3) is 11.8 Å². The Labute approximate surface area is 105 Å². The summed E-state index contributed by atoms with van der Waals surface area (Å²) in [5, 5.41) is 3.28. The Balaban J connectivity index is 2.08. The molecule has 0 saturated heterocycles. The molecular weight excluding hydrogens is 228 g/mol. The zero-order valence-electron chi connectivity index (χ0n) is 10.2. The van der Waals surface area contributed by atoms with Crippen LogP contribution >= 0.6 is 0 Å². The van der Waals surface area contributed by atoms with E-state index in [-0.39, 0.29) is 11.8 Å². The third-order valence-electron chi connectivity index (χ3n) is 3.46. The van der Waals surface area contributed by atoms with E-state index in [1.165, 1.54) is 16.5 Å². The standard InChI is InChI=1S/C14H14N2O2/c1-9-7-13(17)16(14(9)18)12-4-2-3-10-5-6-15-8-11(10)12/h2-4,7,15H,5-6,8H2,1H3. The van der Waals surface area contributed by atoms with E-state index >= 15 is 0 Å². The first kappa shape index (κ1) is 11.2. The van der Waals surface area contributed by atoms with Gasteiger partial charge in [0.2, 0.25) is 0 Å². The molecule has 18 heavy (non-hydrogen) atoms. The lowest BCUT2D eigenvalue weighted by molar-refractivity contribution is -0.120. The van der Waals surface area contributed by atoms with Crippen LogP contribution in [-0.4, -0.2) is 18.4 Å². The van der Waals surface area contributed by atoms with Crippen LogP contribution in [0.1, 0.15) is 18.1 Å². The molecule has 3 rings (SSSR count). The number of amides is 2. The van der Waals surface area contributed by atoms with Gasteiger partial charge in [-0.05, 0) is 37.1 Å². The third kappa shape index (κ3) is 1.57. The number of nitrogens with one attached hydrogen (secondary N) is 1. The monoisotopic (exact) mass is 242 g/mol. The summed E-state index contributed by atoms with van der Waals surface area (Å²) < 4.78 is 0. The van der Waals surface area contributed by atoms with Crippen LogP contribution < -0.4 is 10.2 Å². The maximum atomic E-state index is 12.0. The Morgan fingerprint density at radius 1 is 1.28 bits per heavy atom. The van der Waals surface area contributed by atoms with Crippen molar-refractivity contribution in [1.82, 2.24) is 5.32 Å². The number of imide groups is 1. The number of anilines is 1. The second-order valence-electron chi connectivity index (χ2n) is 4.65. The van der Waals surface area contributed by atoms with Crippen molar-refractivity contribution in [2.45, 2.75) is 19.9 Å². The Hall–Kier alpha value is -1.94. The van der Waals surface area contributed by atoms with E-state index in [1.54, 1.807) is 6.92 Å². The topological polar surface area (TPSA) is 49.4 Å². The second-order valence-corrected chi connectivity index (χ2v) is 4.65. The van der Waals surface area contributed by atoms with Gasteiger partial charge in [-0.25, -0.2) is 4.90 Å². The molecule has 0 atom stereocenters. The molecule has 0 radical (unpaired) electrons. The largest absolute Gasteiger partial charge is 0.312 e. The second kappa shape index (κ2) is 4.07. The van der Waals surface area contributed by atoms with Crippen molar-refractivity contribution in [2.24, 2.45) is 0 Å². The zero-order valence-corrected chi connectivity index (χ0v) is 10.2. The van der Waals surface area contributed by atoms with Gasteiger partial charge in [0.1, 0.15) is 0 Å². The summed E-state index contributed by atoms with van der Waals surface area (Å²) in [6.07, 6.45) is 2.34. The summed E-state index contributed by atoms with van der Waals surface area (Å²) in [7, 11) is 0. The highest BCUT2D eigenvalue weighted by Crippen LogP contribution is 2.29. The predicted octanol–water partition coefficient (Wildman–Crippen LogP) is 1.15. The van der Waals surface area contributed by atoms with E-state index in [9.17, 15) is 9.59 Å². The van der Waals surface area contributed by atoms with Crippen molar-refractivity contribution in [1.29, 1.82) is 0 Å². The number of hydrogen-bond donors (Lipinski definition) is 1. The Morgan fingerprint density at radius 3 is 2.83 bits per heavy atom. The molecule has 0 spiro atoms. The van der Waals surface area contributed by atoms with Crippen molar-refractivity contribution in [3.8, 4) is 0 Å². The van der Waals surface area contributed by atoms with Gasteiger partial charge >= 0.3 is 0 Å². The van der Waals surface area contributed by atoms with Gasteiger partial charge in [-0.2, -0.15) is 0 Å². The van der Waals surface area contributed by atoms with Crippen LogP contribution in [-0.2, 0) is 22.6 Å². The lowest BCUT2D eigenvalue weighted by Gasteiger charge is -2.24. The van der Waals surface area contributed by atoms with Crippen LogP contribution in [0.5, 0.6) is 0 Å². The quantitative estimate of drug-likeness (QED) is 0.752. The lowest BCUT2D eigenvalue weighted by atomic mass is 9.98. The molecular formula is C14H14N2O2. The van der Waals surface area contributed by atoms with Crippen molar-refractivity contribution in [3.63, 3.8) is 0 Å². The molecule has 2 amide bonds. The first-order valence-electron chi connectivity index (χ1n) is 6.06. The van der Waals surface area contributed by atoms with E-state index in [0.29, 0.717) is 12.1 Å². The van der Waals surface area contributed by atoms with E-state index in [4.69, 9.17) is 0 Å².